The van der Waals surface area contributed by atoms with Crippen LogP contribution in [0.15, 0.2) is 41.4 Å². The number of aromatic carboxylic acids is 1. The van der Waals surface area contributed by atoms with E-state index in [0.29, 0.717) is 0 Å². The van der Waals surface area contributed by atoms with E-state index in [2.05, 4.69) is 4.98 Å². The molecule has 0 atom stereocenters. The Morgan fingerprint density at radius 3 is 2.43 bits per heavy atom. The van der Waals surface area contributed by atoms with E-state index >= 15 is 0 Å². The Balaban J connectivity index is 2.33. The number of rotatable bonds is 4. The van der Waals surface area contributed by atoms with Gasteiger partial charge >= 0.3 is 5.97 Å². The fourth-order valence-corrected chi connectivity index (χ4v) is 2.16. The predicted octanol–water partition coefficient (Wildman–Crippen LogP) is 2.11. The van der Waals surface area contributed by atoms with Gasteiger partial charge in [-0.2, -0.15) is 0 Å². The molecule has 1 aromatic carbocycles. The fourth-order valence-electron chi connectivity index (χ4n) is 1.53. The number of ether oxygens (including phenoxy) is 1. The molecule has 1 N–H and O–H groups in total. The first-order valence-electron chi connectivity index (χ1n) is 5.64. The average molecular weight is 311 g/mol. The zero-order valence-electron chi connectivity index (χ0n) is 10.8. The van der Waals surface area contributed by atoms with Crippen LogP contribution in [-0.4, -0.2) is 30.7 Å². The minimum atomic E-state index is -3.33. The first-order valence-corrected chi connectivity index (χ1v) is 7.53. The third-order valence-electron chi connectivity index (χ3n) is 2.51. The van der Waals surface area contributed by atoms with Crippen LogP contribution in [0, 0.1) is 5.82 Å². The maximum atomic E-state index is 13.0. The molecular weight excluding hydrogens is 301 g/mol. The SMILES string of the molecule is CS(=O)(=O)c1ccc(Oc2ncc(F)cc2C(=O)O)cc1. The molecule has 2 aromatic rings. The lowest BCUT2D eigenvalue weighted by molar-refractivity contribution is 0.0692. The summed E-state index contributed by atoms with van der Waals surface area (Å²) in [6.45, 7) is 0. The molecule has 0 aliphatic carbocycles. The summed E-state index contributed by atoms with van der Waals surface area (Å²) in [7, 11) is -3.33. The lowest BCUT2D eigenvalue weighted by Gasteiger charge is -2.08. The second kappa shape index (κ2) is 5.49. The van der Waals surface area contributed by atoms with Gasteiger partial charge in [-0.15, -0.1) is 0 Å². The first kappa shape index (κ1) is 14.9. The molecule has 0 bridgehead atoms. The number of pyridine rings is 1. The molecular formula is C13H10FNO5S. The smallest absolute Gasteiger partial charge is 0.341 e. The molecule has 21 heavy (non-hydrogen) atoms. The van der Waals surface area contributed by atoms with E-state index in [9.17, 15) is 17.6 Å². The van der Waals surface area contributed by atoms with E-state index in [1.165, 1.54) is 24.3 Å². The minimum Gasteiger partial charge on any atom is -0.477 e. The van der Waals surface area contributed by atoms with Gasteiger partial charge in [0.1, 0.15) is 17.1 Å². The van der Waals surface area contributed by atoms with Crippen LogP contribution >= 0.6 is 0 Å². The Morgan fingerprint density at radius 1 is 1.29 bits per heavy atom. The number of aromatic nitrogens is 1. The van der Waals surface area contributed by atoms with Gasteiger partial charge in [0, 0.05) is 6.26 Å². The highest BCUT2D eigenvalue weighted by atomic mass is 32.2. The van der Waals surface area contributed by atoms with Gasteiger partial charge in [-0.3, -0.25) is 0 Å². The summed E-state index contributed by atoms with van der Waals surface area (Å²) in [6.07, 6.45) is 1.89. The third-order valence-corrected chi connectivity index (χ3v) is 3.64. The van der Waals surface area contributed by atoms with E-state index in [-0.39, 0.29) is 16.5 Å². The van der Waals surface area contributed by atoms with Crippen LogP contribution in [0.2, 0.25) is 0 Å². The fraction of sp³-hybridized carbons (Fsp3) is 0.0769. The number of carbonyl (C=O) groups is 1. The highest BCUT2D eigenvalue weighted by Gasteiger charge is 2.15. The summed E-state index contributed by atoms with van der Waals surface area (Å²) in [5.41, 5.74) is -0.429. The summed E-state index contributed by atoms with van der Waals surface area (Å²) in [6, 6.07) is 6.12. The van der Waals surface area contributed by atoms with Gasteiger partial charge in [-0.25, -0.2) is 22.6 Å². The summed E-state index contributed by atoms with van der Waals surface area (Å²) >= 11 is 0. The molecule has 6 nitrogen and oxygen atoms in total. The number of halogens is 1. The Morgan fingerprint density at radius 2 is 1.90 bits per heavy atom. The van der Waals surface area contributed by atoms with Crippen molar-refractivity contribution in [2.45, 2.75) is 4.90 Å². The molecule has 0 unspecified atom stereocenters. The number of carboxylic acid groups (broad SMARTS) is 1. The van der Waals surface area contributed by atoms with Crippen LogP contribution < -0.4 is 4.74 Å². The van der Waals surface area contributed by atoms with Crippen LogP contribution in [0.4, 0.5) is 4.39 Å². The molecule has 1 heterocycles. The van der Waals surface area contributed by atoms with Crippen molar-refractivity contribution in [3.8, 4) is 11.6 Å². The number of nitrogens with zero attached hydrogens (tertiary/aromatic N) is 1. The van der Waals surface area contributed by atoms with Crippen LogP contribution in [0.1, 0.15) is 10.4 Å². The summed E-state index contributed by atoms with van der Waals surface area (Å²) in [5, 5.41) is 8.95. The monoisotopic (exact) mass is 311 g/mol. The van der Waals surface area contributed by atoms with Crippen molar-refractivity contribution < 1.29 is 27.4 Å². The lowest BCUT2D eigenvalue weighted by atomic mass is 10.2. The van der Waals surface area contributed by atoms with Crippen LogP contribution in [0.3, 0.4) is 0 Å². The van der Waals surface area contributed by atoms with Crippen molar-refractivity contribution in [3.05, 3.63) is 47.9 Å². The normalized spacial score (nSPS) is 11.1. The largest absolute Gasteiger partial charge is 0.477 e. The van der Waals surface area contributed by atoms with Gasteiger partial charge in [0.25, 0.3) is 0 Å². The van der Waals surface area contributed by atoms with Crippen molar-refractivity contribution in [1.82, 2.24) is 4.98 Å². The van der Waals surface area contributed by atoms with Crippen LogP contribution in [0.25, 0.3) is 0 Å². The first-order chi connectivity index (χ1) is 9.77. The molecule has 0 amide bonds. The minimum absolute atomic E-state index is 0.0976. The zero-order chi connectivity index (χ0) is 15.6. The lowest BCUT2D eigenvalue weighted by Crippen LogP contribution is -2.03. The Kier molecular flexibility index (Phi) is 3.90. The van der Waals surface area contributed by atoms with Gasteiger partial charge < -0.3 is 9.84 Å². The highest BCUT2D eigenvalue weighted by Crippen LogP contribution is 2.24. The molecule has 0 spiro atoms. The molecule has 0 aliphatic heterocycles. The quantitative estimate of drug-likeness (QED) is 0.929. The molecule has 110 valence electrons. The van der Waals surface area contributed by atoms with Gasteiger partial charge in [-0.05, 0) is 30.3 Å². The summed E-state index contributed by atoms with van der Waals surface area (Å²) in [4.78, 5) is 14.7. The van der Waals surface area contributed by atoms with Crippen molar-refractivity contribution in [1.29, 1.82) is 0 Å². The Bertz CT molecular complexity index is 787. The van der Waals surface area contributed by atoms with Crippen molar-refractivity contribution >= 4 is 15.8 Å². The standard InChI is InChI=1S/C13H10FNO5S/c1-21(18,19)10-4-2-9(3-5-10)20-12-11(13(16)17)6-8(14)7-15-12/h2-7H,1H3,(H,16,17). The molecule has 1 aromatic heterocycles. The second-order valence-electron chi connectivity index (χ2n) is 4.16. The molecule has 0 fully saturated rings. The number of hydrogen-bond acceptors (Lipinski definition) is 5. The van der Waals surface area contributed by atoms with E-state index < -0.39 is 27.2 Å². The number of hydrogen-bond donors (Lipinski definition) is 1. The molecule has 0 aliphatic rings. The van der Waals surface area contributed by atoms with Crippen LogP contribution in [0.5, 0.6) is 11.6 Å². The molecule has 8 heteroatoms. The van der Waals surface area contributed by atoms with Crippen molar-refractivity contribution in [2.75, 3.05) is 6.26 Å². The van der Waals surface area contributed by atoms with Crippen LogP contribution in [-0.2, 0) is 9.84 Å². The molecule has 0 saturated heterocycles. The molecule has 2 rings (SSSR count). The number of sulfone groups is 1. The predicted molar refractivity (Wildman–Crippen MR) is 70.8 cm³/mol. The van der Waals surface area contributed by atoms with E-state index in [4.69, 9.17) is 9.84 Å². The summed E-state index contributed by atoms with van der Waals surface area (Å²) < 4.78 is 40.8. The second-order valence-corrected chi connectivity index (χ2v) is 6.17. The molecule has 0 radical (unpaired) electrons. The maximum Gasteiger partial charge on any atom is 0.341 e. The van der Waals surface area contributed by atoms with Gasteiger partial charge in [0.05, 0.1) is 11.1 Å². The number of benzene rings is 1. The van der Waals surface area contributed by atoms with E-state index in [0.717, 1.165) is 18.5 Å². The number of carboxylic acids is 1. The molecule has 0 saturated carbocycles. The van der Waals surface area contributed by atoms with Gasteiger partial charge in [-0.1, -0.05) is 0 Å². The summed E-state index contributed by atoms with van der Waals surface area (Å²) in [5.74, 6) is -2.28. The topological polar surface area (TPSA) is 93.6 Å². The zero-order valence-corrected chi connectivity index (χ0v) is 11.6. The average Bonchev–Trinajstić information content (AvgIpc) is 2.40. The Labute approximate surface area is 119 Å². The highest BCUT2D eigenvalue weighted by molar-refractivity contribution is 7.90. The van der Waals surface area contributed by atoms with E-state index in [1.807, 2.05) is 0 Å². The van der Waals surface area contributed by atoms with Gasteiger partial charge in [0.2, 0.25) is 5.88 Å². The third kappa shape index (κ3) is 3.54. The van der Waals surface area contributed by atoms with Crippen molar-refractivity contribution in [2.24, 2.45) is 0 Å². The van der Waals surface area contributed by atoms with Crippen molar-refractivity contribution in [3.63, 3.8) is 0 Å². The van der Waals surface area contributed by atoms with E-state index in [1.54, 1.807) is 0 Å². The maximum absolute atomic E-state index is 13.0. The Hall–Kier alpha value is -2.48. The van der Waals surface area contributed by atoms with Gasteiger partial charge in [0.15, 0.2) is 9.84 Å².